The number of aromatic hydroxyl groups is 2. The normalized spacial score (nSPS) is 11.4. The van der Waals surface area contributed by atoms with E-state index in [1.165, 1.54) is 83.1 Å². The number of hydrogen-bond donors (Lipinski definition) is 2. The highest BCUT2D eigenvalue weighted by Gasteiger charge is 1.99. The second-order valence-corrected chi connectivity index (χ2v) is 7.19. The van der Waals surface area contributed by atoms with Crippen LogP contribution in [0.4, 0.5) is 0 Å². The predicted octanol–water partition coefficient (Wildman–Crippen LogP) is 7.29. The van der Waals surface area contributed by atoms with Crippen molar-refractivity contribution in [3.63, 3.8) is 0 Å². The van der Waals surface area contributed by atoms with E-state index in [-0.39, 0.29) is 11.5 Å². The summed E-state index contributed by atoms with van der Waals surface area (Å²) in [5.41, 5.74) is 1.03. The van der Waals surface area contributed by atoms with Crippen LogP contribution in [0.5, 0.6) is 11.5 Å². The van der Waals surface area contributed by atoms with Crippen LogP contribution in [-0.2, 0) is 6.42 Å². The average Bonchev–Trinajstić information content (AvgIpc) is 2.57. The summed E-state index contributed by atoms with van der Waals surface area (Å²) in [7, 11) is 0. The van der Waals surface area contributed by atoms with Crippen molar-refractivity contribution in [2.24, 2.45) is 0 Å². The van der Waals surface area contributed by atoms with Gasteiger partial charge in [-0.05, 0) is 56.2 Å². The van der Waals surface area contributed by atoms with Gasteiger partial charge in [0.25, 0.3) is 0 Å². The first-order valence-electron chi connectivity index (χ1n) is 10.4. The Bertz CT molecular complexity index is 445. The third-order valence-corrected chi connectivity index (χ3v) is 4.69. The standard InChI is InChI=1S/C23H38O2/c1-2-3-4-5-6-7-8-9-10-11-12-13-14-15-16-17-21-18-22(24)20-23(25)19-21/h7-8,18-20,24-25H,2-6,9-17H2,1H3/b8-7-. The van der Waals surface area contributed by atoms with E-state index in [0.29, 0.717) is 0 Å². The van der Waals surface area contributed by atoms with Gasteiger partial charge in [-0.3, -0.25) is 0 Å². The van der Waals surface area contributed by atoms with E-state index in [1.54, 1.807) is 12.1 Å². The lowest BCUT2D eigenvalue weighted by Crippen LogP contribution is -1.86. The Morgan fingerprint density at radius 3 is 1.68 bits per heavy atom. The van der Waals surface area contributed by atoms with Gasteiger partial charge in [-0.2, -0.15) is 0 Å². The van der Waals surface area contributed by atoms with Gasteiger partial charge in [0.15, 0.2) is 0 Å². The summed E-state index contributed by atoms with van der Waals surface area (Å²) in [4.78, 5) is 0. The molecule has 142 valence electrons. The van der Waals surface area contributed by atoms with E-state index in [1.807, 2.05) is 0 Å². The Balaban J connectivity index is 1.86. The summed E-state index contributed by atoms with van der Waals surface area (Å²) >= 11 is 0. The molecule has 0 radical (unpaired) electrons. The first-order valence-corrected chi connectivity index (χ1v) is 10.4. The molecule has 0 fully saturated rings. The molecular formula is C23H38O2. The van der Waals surface area contributed by atoms with Gasteiger partial charge in [0.1, 0.15) is 11.5 Å². The molecule has 1 aromatic carbocycles. The van der Waals surface area contributed by atoms with Crippen molar-refractivity contribution in [1.82, 2.24) is 0 Å². The molecule has 0 unspecified atom stereocenters. The van der Waals surface area contributed by atoms with Crippen LogP contribution >= 0.6 is 0 Å². The Morgan fingerprint density at radius 1 is 0.640 bits per heavy atom. The van der Waals surface area contributed by atoms with Gasteiger partial charge in [-0.15, -0.1) is 0 Å². The first-order chi connectivity index (χ1) is 12.2. The van der Waals surface area contributed by atoms with Crippen molar-refractivity contribution in [2.45, 2.75) is 96.8 Å². The van der Waals surface area contributed by atoms with Gasteiger partial charge >= 0.3 is 0 Å². The predicted molar refractivity (Wildman–Crippen MR) is 108 cm³/mol. The largest absolute Gasteiger partial charge is 0.508 e. The zero-order valence-corrected chi connectivity index (χ0v) is 16.2. The van der Waals surface area contributed by atoms with Crippen LogP contribution in [0, 0.1) is 0 Å². The molecule has 0 saturated heterocycles. The fourth-order valence-corrected chi connectivity index (χ4v) is 3.20. The van der Waals surface area contributed by atoms with Crippen molar-refractivity contribution in [3.8, 4) is 11.5 Å². The molecule has 0 atom stereocenters. The summed E-state index contributed by atoms with van der Waals surface area (Å²) in [6.45, 7) is 2.26. The second kappa shape index (κ2) is 14.9. The van der Waals surface area contributed by atoms with E-state index in [4.69, 9.17) is 0 Å². The lowest BCUT2D eigenvalue weighted by molar-refractivity contribution is 0.449. The maximum atomic E-state index is 9.45. The van der Waals surface area contributed by atoms with Crippen molar-refractivity contribution < 1.29 is 10.2 Å². The molecule has 2 N–H and O–H groups in total. The van der Waals surface area contributed by atoms with Crippen LogP contribution in [0.3, 0.4) is 0 Å². The number of aryl methyl sites for hydroxylation is 1. The number of phenols is 2. The van der Waals surface area contributed by atoms with E-state index >= 15 is 0 Å². The Morgan fingerprint density at radius 2 is 1.12 bits per heavy atom. The number of hydrogen-bond acceptors (Lipinski definition) is 2. The quantitative estimate of drug-likeness (QED) is 0.258. The smallest absolute Gasteiger partial charge is 0.119 e. The maximum Gasteiger partial charge on any atom is 0.119 e. The van der Waals surface area contributed by atoms with Crippen LogP contribution < -0.4 is 0 Å². The highest BCUT2D eigenvalue weighted by Crippen LogP contribution is 2.22. The van der Waals surface area contributed by atoms with Crippen molar-refractivity contribution in [3.05, 3.63) is 35.9 Å². The molecule has 1 aromatic rings. The Kier molecular flexibility index (Phi) is 12.8. The summed E-state index contributed by atoms with van der Waals surface area (Å²) in [5, 5.41) is 18.9. The van der Waals surface area contributed by atoms with Crippen molar-refractivity contribution >= 4 is 0 Å². The summed E-state index contributed by atoms with van der Waals surface area (Å²) in [5.74, 6) is 0.315. The molecule has 1 rings (SSSR count). The molecule has 0 aromatic heterocycles. The van der Waals surface area contributed by atoms with Crippen LogP contribution in [0.25, 0.3) is 0 Å². The van der Waals surface area contributed by atoms with Crippen LogP contribution in [0.2, 0.25) is 0 Å². The minimum absolute atomic E-state index is 0.157. The summed E-state index contributed by atoms with van der Waals surface area (Å²) in [6.07, 6.45) is 22.6. The highest BCUT2D eigenvalue weighted by molar-refractivity contribution is 5.36. The SMILES string of the molecule is CCCCCC/C=C\CCCCCCCCCc1cc(O)cc(O)c1. The van der Waals surface area contributed by atoms with Crippen LogP contribution in [0.1, 0.15) is 96.0 Å². The number of rotatable bonds is 15. The number of allylic oxidation sites excluding steroid dienone is 2. The minimum atomic E-state index is 0.157. The summed E-state index contributed by atoms with van der Waals surface area (Å²) in [6, 6.07) is 4.87. The van der Waals surface area contributed by atoms with Gasteiger partial charge < -0.3 is 10.2 Å². The Hall–Kier alpha value is -1.44. The van der Waals surface area contributed by atoms with Crippen molar-refractivity contribution in [1.29, 1.82) is 0 Å². The lowest BCUT2D eigenvalue weighted by atomic mass is 10.0. The first kappa shape index (κ1) is 21.6. The van der Waals surface area contributed by atoms with E-state index < -0.39 is 0 Å². The molecule has 0 bridgehead atoms. The average molecular weight is 347 g/mol. The molecular weight excluding hydrogens is 308 g/mol. The molecule has 0 aliphatic rings. The van der Waals surface area contributed by atoms with E-state index in [0.717, 1.165) is 18.4 Å². The Labute approximate surface area is 155 Å². The maximum absolute atomic E-state index is 9.45. The van der Waals surface area contributed by atoms with Gasteiger partial charge in [0, 0.05) is 6.07 Å². The topological polar surface area (TPSA) is 40.5 Å². The van der Waals surface area contributed by atoms with E-state index in [2.05, 4.69) is 19.1 Å². The lowest BCUT2D eigenvalue weighted by Gasteiger charge is -2.04. The van der Waals surface area contributed by atoms with Gasteiger partial charge in [0.05, 0.1) is 0 Å². The zero-order chi connectivity index (χ0) is 18.2. The molecule has 2 heteroatoms. The number of phenolic OH excluding ortho intramolecular Hbond substituents is 2. The fraction of sp³-hybridized carbons (Fsp3) is 0.652. The third-order valence-electron chi connectivity index (χ3n) is 4.69. The van der Waals surface area contributed by atoms with Gasteiger partial charge in [0.2, 0.25) is 0 Å². The molecule has 0 heterocycles. The van der Waals surface area contributed by atoms with Crippen LogP contribution in [-0.4, -0.2) is 10.2 Å². The number of unbranched alkanes of at least 4 members (excludes halogenated alkanes) is 11. The van der Waals surface area contributed by atoms with Gasteiger partial charge in [-0.25, -0.2) is 0 Å². The molecule has 0 amide bonds. The number of benzene rings is 1. The molecule has 0 saturated carbocycles. The monoisotopic (exact) mass is 346 g/mol. The molecule has 25 heavy (non-hydrogen) atoms. The second-order valence-electron chi connectivity index (χ2n) is 7.19. The third kappa shape index (κ3) is 12.6. The van der Waals surface area contributed by atoms with Crippen molar-refractivity contribution in [2.75, 3.05) is 0 Å². The van der Waals surface area contributed by atoms with Gasteiger partial charge in [-0.1, -0.05) is 70.4 Å². The van der Waals surface area contributed by atoms with E-state index in [9.17, 15) is 10.2 Å². The molecule has 0 aliphatic heterocycles. The highest BCUT2D eigenvalue weighted by atomic mass is 16.3. The summed E-state index contributed by atoms with van der Waals surface area (Å²) < 4.78 is 0. The molecule has 0 aliphatic carbocycles. The zero-order valence-electron chi connectivity index (χ0n) is 16.2. The minimum Gasteiger partial charge on any atom is -0.508 e. The van der Waals surface area contributed by atoms with Crippen LogP contribution in [0.15, 0.2) is 30.4 Å². The molecule has 2 nitrogen and oxygen atoms in total. The fourth-order valence-electron chi connectivity index (χ4n) is 3.20. The molecule has 0 spiro atoms.